The van der Waals surface area contributed by atoms with Gasteiger partial charge < -0.3 is 25.8 Å². The summed E-state index contributed by atoms with van der Waals surface area (Å²) in [4.78, 5) is 31.6. The van der Waals surface area contributed by atoms with Gasteiger partial charge in [-0.2, -0.15) is 26.3 Å². The van der Waals surface area contributed by atoms with Crippen LogP contribution in [0.25, 0.3) is 5.32 Å². The third kappa shape index (κ3) is 10.4. The summed E-state index contributed by atoms with van der Waals surface area (Å²) in [6.45, 7) is 3.83. The molecule has 0 saturated carbocycles. The number of likely N-dealkylation sites (tertiary alicyclic amines) is 1. The van der Waals surface area contributed by atoms with Gasteiger partial charge in [-0.15, -0.1) is 11.3 Å². The molecule has 0 bridgehead atoms. The van der Waals surface area contributed by atoms with Crippen LogP contribution in [0.15, 0.2) is 47.4 Å². The monoisotopic (exact) mass is 649 g/mol. The molecule has 1 aromatic carbocycles. The number of halogens is 6. The Balaban J connectivity index is 0.00000552. The molecule has 2 unspecified atom stereocenters. The van der Waals surface area contributed by atoms with E-state index in [0.717, 1.165) is 43.7 Å². The number of nitrogens with zero attached hydrogens (tertiary/aromatic N) is 3. The van der Waals surface area contributed by atoms with Gasteiger partial charge in [-0.1, -0.05) is 30.7 Å². The third-order valence-electron chi connectivity index (χ3n) is 7.86. The SMILES string of the molecule is CNC(=O)[N-]c1nc(C(CCN2CCC(C3=CC=CC(C)C3)CC2)C(=O)NCc2cc(C(F)(F)F)cc(C(F)(F)F)c2)cs1.[Li+]. The van der Waals surface area contributed by atoms with Crippen molar-refractivity contribution in [3.63, 3.8) is 0 Å². The number of urea groups is 1. The standard InChI is InChI=1S/C30H35F6N5O2S.Li/c1-18-4-3-5-21(12-18)20-6-9-41(10-7-20)11-8-24(25-17-44-28(39-25)40-27(43)37-2)26(42)38-16-19-13-22(29(31,32)33)15-23(14-19)30(34,35)36;/h3-5,13-15,17-18,20,24H,6-12,16H2,1-2H3,(H3,37,38,39,40,42,43);/q;+1/p-1. The smallest absolute Gasteiger partial charge is 0.412 e. The predicted octanol–water partition coefficient (Wildman–Crippen LogP) is 4.55. The summed E-state index contributed by atoms with van der Waals surface area (Å²) in [5, 5.41) is 10.4. The van der Waals surface area contributed by atoms with Crippen molar-refractivity contribution in [2.75, 3.05) is 26.7 Å². The van der Waals surface area contributed by atoms with Gasteiger partial charge in [0.15, 0.2) is 0 Å². The van der Waals surface area contributed by atoms with Crippen LogP contribution in [0.5, 0.6) is 0 Å². The molecule has 1 aromatic heterocycles. The first-order chi connectivity index (χ1) is 20.7. The van der Waals surface area contributed by atoms with Crippen molar-refractivity contribution in [1.82, 2.24) is 20.5 Å². The van der Waals surface area contributed by atoms with E-state index in [2.05, 4.69) is 51.0 Å². The average molecular weight is 650 g/mol. The Bertz CT molecular complexity index is 1350. The number of nitrogens with one attached hydrogen (secondary N) is 2. The molecule has 1 aliphatic carbocycles. The van der Waals surface area contributed by atoms with Crippen LogP contribution < -0.4 is 29.5 Å². The van der Waals surface area contributed by atoms with Crippen molar-refractivity contribution in [3.8, 4) is 0 Å². The van der Waals surface area contributed by atoms with Gasteiger partial charge in [0.2, 0.25) is 11.9 Å². The molecule has 0 spiro atoms. The number of rotatable bonds is 9. The van der Waals surface area contributed by atoms with Gasteiger partial charge >= 0.3 is 31.2 Å². The van der Waals surface area contributed by atoms with Crippen LogP contribution in [-0.2, 0) is 23.7 Å². The van der Waals surface area contributed by atoms with E-state index >= 15 is 0 Å². The number of carbonyl (C=O) groups is 2. The minimum absolute atomic E-state index is 0. The van der Waals surface area contributed by atoms with Crippen molar-refractivity contribution in [1.29, 1.82) is 0 Å². The molecule has 240 valence electrons. The summed E-state index contributed by atoms with van der Waals surface area (Å²) in [7, 11) is 1.40. The normalized spacial score (nSPS) is 18.5. The van der Waals surface area contributed by atoms with Gasteiger partial charge in [-0.05, 0) is 99.0 Å². The molecule has 2 aliphatic rings. The van der Waals surface area contributed by atoms with Crippen molar-refractivity contribution in [3.05, 3.63) is 75.1 Å². The summed E-state index contributed by atoms with van der Waals surface area (Å²) in [5.74, 6) is -0.450. The minimum Gasteiger partial charge on any atom is -0.412 e. The molecule has 2 aromatic rings. The number of alkyl halides is 6. The molecular weight excluding hydrogens is 615 g/mol. The first-order valence-corrected chi connectivity index (χ1v) is 15.2. The number of aromatic nitrogens is 1. The second-order valence-electron chi connectivity index (χ2n) is 11.1. The van der Waals surface area contributed by atoms with Crippen molar-refractivity contribution < 1.29 is 54.8 Å². The molecule has 2 atom stereocenters. The number of hydrogen-bond donors (Lipinski definition) is 2. The van der Waals surface area contributed by atoms with E-state index in [0.29, 0.717) is 42.6 Å². The molecule has 4 rings (SSSR count). The number of benzene rings is 1. The first-order valence-electron chi connectivity index (χ1n) is 14.3. The molecule has 1 aliphatic heterocycles. The van der Waals surface area contributed by atoms with Crippen molar-refractivity contribution in [2.45, 2.75) is 57.4 Å². The fraction of sp³-hybridized carbons (Fsp3) is 0.500. The van der Waals surface area contributed by atoms with Crippen LogP contribution in [0.3, 0.4) is 0 Å². The molecule has 2 heterocycles. The van der Waals surface area contributed by atoms with Gasteiger partial charge in [0.05, 0.1) is 22.2 Å². The number of hydrogen-bond acceptors (Lipinski definition) is 5. The number of thiazole rings is 1. The van der Waals surface area contributed by atoms with Crippen molar-refractivity contribution in [2.24, 2.45) is 11.8 Å². The fourth-order valence-electron chi connectivity index (χ4n) is 5.50. The molecular formula is C30H34F6LiN5O2S. The number of allylic oxidation sites excluding steroid dienone is 4. The van der Waals surface area contributed by atoms with E-state index in [9.17, 15) is 35.9 Å². The summed E-state index contributed by atoms with van der Waals surface area (Å²) < 4.78 is 79.9. The maximum atomic E-state index is 13.4. The topological polar surface area (TPSA) is 88.4 Å². The Hall–Kier alpha value is -2.79. The van der Waals surface area contributed by atoms with Gasteiger partial charge in [-0.3, -0.25) is 9.59 Å². The van der Waals surface area contributed by atoms with Gasteiger partial charge in [-0.25, -0.2) is 0 Å². The van der Waals surface area contributed by atoms with E-state index < -0.39 is 47.9 Å². The molecule has 45 heavy (non-hydrogen) atoms. The maximum Gasteiger partial charge on any atom is 1.00 e. The second kappa shape index (κ2) is 15.7. The van der Waals surface area contributed by atoms with Gasteiger partial charge in [0.25, 0.3) is 0 Å². The second-order valence-corrected chi connectivity index (χ2v) is 12.0. The molecule has 1 fully saturated rings. The predicted molar refractivity (Wildman–Crippen MR) is 155 cm³/mol. The third-order valence-corrected chi connectivity index (χ3v) is 8.61. The first kappa shape index (κ1) is 36.7. The van der Waals surface area contributed by atoms with E-state index in [-0.39, 0.29) is 35.6 Å². The summed E-state index contributed by atoms with van der Waals surface area (Å²) in [5.41, 5.74) is -1.47. The minimum atomic E-state index is -5.00. The number of amides is 3. The number of carbonyl (C=O) groups excluding carboxylic acids is 2. The van der Waals surface area contributed by atoms with Crippen LogP contribution in [0.4, 0.5) is 36.3 Å². The molecule has 0 radical (unpaired) electrons. The van der Waals surface area contributed by atoms with E-state index in [1.54, 1.807) is 5.38 Å². The van der Waals surface area contributed by atoms with Crippen LogP contribution >= 0.6 is 11.3 Å². The largest absolute Gasteiger partial charge is 1.00 e. The zero-order valence-electron chi connectivity index (χ0n) is 25.3. The average Bonchev–Trinajstić information content (AvgIpc) is 3.43. The van der Waals surface area contributed by atoms with Gasteiger partial charge in [0.1, 0.15) is 0 Å². The maximum absolute atomic E-state index is 13.4. The Morgan fingerprint density at radius 3 is 2.31 bits per heavy atom. The van der Waals surface area contributed by atoms with Crippen molar-refractivity contribution >= 4 is 28.4 Å². The molecule has 2 N–H and O–H groups in total. The fourth-order valence-corrected chi connectivity index (χ4v) is 6.23. The van der Waals surface area contributed by atoms with E-state index in [4.69, 9.17) is 0 Å². The van der Waals surface area contributed by atoms with Crippen LogP contribution in [0, 0.1) is 11.8 Å². The van der Waals surface area contributed by atoms with Crippen LogP contribution in [-0.4, -0.2) is 48.5 Å². The van der Waals surface area contributed by atoms with Crippen LogP contribution in [0.2, 0.25) is 0 Å². The van der Waals surface area contributed by atoms with E-state index in [1.165, 1.54) is 12.6 Å². The Kier molecular flexibility index (Phi) is 12.8. The Labute approximate surface area is 274 Å². The number of piperidine rings is 1. The summed E-state index contributed by atoms with van der Waals surface area (Å²) >= 11 is 1.05. The summed E-state index contributed by atoms with van der Waals surface area (Å²) in [6, 6.07) is 0.608. The Morgan fingerprint density at radius 1 is 1.09 bits per heavy atom. The molecule has 3 amide bonds. The molecule has 1 saturated heterocycles. The quantitative estimate of drug-likeness (QED) is 0.308. The molecule has 7 nitrogen and oxygen atoms in total. The van der Waals surface area contributed by atoms with E-state index in [1.807, 2.05) is 0 Å². The van der Waals surface area contributed by atoms with Gasteiger partial charge in [0, 0.05) is 6.54 Å². The Morgan fingerprint density at radius 2 is 1.73 bits per heavy atom. The van der Waals surface area contributed by atoms with Crippen LogP contribution in [0.1, 0.15) is 60.9 Å². The zero-order valence-corrected chi connectivity index (χ0v) is 26.1. The molecule has 15 heteroatoms. The zero-order chi connectivity index (χ0) is 32.1. The summed E-state index contributed by atoms with van der Waals surface area (Å²) in [6.07, 6.45) is -0.178.